The number of ketones is 2. The SMILES string of the molecule is C.COP(=O)(CC(=O)CCc1ccccc1)OC.O=BPP[C@@H]1C[C@@H]2OC(=O)C[C@@H]2[C@H]1/C=C/C(=O)CCc1ccccc1.O=BPP[C@@H]1C[C@@H]2OC(=O)C[C@@H]2[C@H]1C=O.O=BPP[C@@H]1C[C@@H]2OC(=O)C[C@@H]2[C@H]1CO. The molecule has 6 aliphatic rings. The van der Waals surface area contributed by atoms with Crippen molar-refractivity contribution in [2.75, 3.05) is 27.0 Å². The molecule has 2 aromatic rings. The van der Waals surface area contributed by atoms with Crippen molar-refractivity contribution in [2.24, 2.45) is 35.5 Å². The van der Waals surface area contributed by atoms with Gasteiger partial charge in [0.05, 0.1) is 0 Å². The zero-order chi connectivity index (χ0) is 52.0. The van der Waals surface area contributed by atoms with Crippen LogP contribution in [-0.4, -0.2) is 124 Å². The van der Waals surface area contributed by atoms with Gasteiger partial charge in [0.25, 0.3) is 0 Å². The summed E-state index contributed by atoms with van der Waals surface area (Å²) in [5.74, 6) is 0.226. The van der Waals surface area contributed by atoms with Crippen LogP contribution in [0.25, 0.3) is 0 Å². The number of aldehydes is 1. The standard InChI is InChI=1S/C18H21BO4P2.C12H17O4P.C8H13BO4P2.C8H11BO4P2.CH4/c20-13(7-6-12-4-2-1-3-5-12)8-9-14-15-10-18(21)23-16(15)11-17(14)24-25-19-22;1-15-17(14,16-2)10-12(13)9-8-11-6-4-3-5-7-11;2*10-3-5-4-1-8(11)13-6(4)2-7(5)14-15-9-12;/h1-5,8-9,14-17,24-25H,6-7,10-11H2;3-7H,8-10H2,1-2H3;4-7,10,14-15H,1-3H2;3-7,14-15H,1-2H2;1H4/b9-8+;;;;/t14-,15-,16+,17-;;2*4-,5-,6+,7-;/m1.11./s1. The van der Waals surface area contributed by atoms with Crippen LogP contribution in [0.5, 0.6) is 0 Å². The summed E-state index contributed by atoms with van der Waals surface area (Å²) in [7, 11) is 1.93. The number of esters is 3. The Morgan fingerprint density at radius 2 is 1.10 bits per heavy atom. The van der Waals surface area contributed by atoms with Crippen LogP contribution in [0, 0.1) is 35.5 Å². The predicted octanol–water partition coefficient (Wildman–Crippen LogP) is 7.89. The molecule has 73 heavy (non-hydrogen) atoms. The molecule has 18 atom stereocenters. The Balaban J connectivity index is 0.000000216. The van der Waals surface area contributed by atoms with Gasteiger partial charge in [0.15, 0.2) is 0 Å². The Morgan fingerprint density at radius 3 is 1.56 bits per heavy atom. The number of carbonyl (C=O) groups excluding carboxylic acids is 6. The third kappa shape index (κ3) is 19.7. The number of carbonyl (C=O) groups is 6. The molecule has 0 aromatic heterocycles. The number of ether oxygens (including phenoxy) is 3. The van der Waals surface area contributed by atoms with E-state index in [4.69, 9.17) is 23.3 Å². The summed E-state index contributed by atoms with van der Waals surface area (Å²) in [6.45, 7) is 2.95. The van der Waals surface area contributed by atoms with Crippen molar-refractivity contribution < 1.29 is 75.8 Å². The minimum atomic E-state index is -3.21. The van der Waals surface area contributed by atoms with Gasteiger partial charge in [-0.15, -0.1) is 0 Å². The van der Waals surface area contributed by atoms with Crippen LogP contribution in [0.2, 0.25) is 0 Å². The Morgan fingerprint density at radius 1 is 0.671 bits per heavy atom. The van der Waals surface area contributed by atoms with E-state index in [2.05, 4.69) is 0 Å². The normalized spacial score (nSPS) is 29.0. The Labute approximate surface area is 440 Å². The number of hydrogen-bond donors (Lipinski definition) is 1. The molecule has 6 unspecified atom stereocenters. The zero-order valence-corrected chi connectivity index (χ0v) is 47.1. The number of hydrogen-bond acceptors (Lipinski definition) is 16. The predicted molar refractivity (Wildman–Crippen MR) is 294 cm³/mol. The fourth-order valence-corrected chi connectivity index (χ4v) is 20.1. The monoisotopic (exact) mass is 1140 g/mol. The van der Waals surface area contributed by atoms with Gasteiger partial charge in [0, 0.05) is 20.6 Å². The molecule has 6 fully saturated rings. The van der Waals surface area contributed by atoms with Crippen molar-refractivity contribution in [1.29, 1.82) is 0 Å². The summed E-state index contributed by atoms with van der Waals surface area (Å²) in [5.41, 5.74) is 3.23. The molecular weight excluding hydrogens is 1070 g/mol. The first kappa shape index (κ1) is 63.4. The number of benzene rings is 2. The molecule has 26 heteroatoms. The molecule has 0 radical (unpaired) electrons. The molecule has 8 rings (SSSR count). The van der Waals surface area contributed by atoms with Crippen LogP contribution in [0.15, 0.2) is 72.8 Å². The fourth-order valence-electron chi connectivity index (χ4n) is 10.2. The van der Waals surface area contributed by atoms with Gasteiger partial charge >= 0.3 is 336 Å². The summed E-state index contributed by atoms with van der Waals surface area (Å²) in [5, 5.41) is 9.32. The van der Waals surface area contributed by atoms with Gasteiger partial charge in [-0.05, 0) is 12.0 Å². The van der Waals surface area contributed by atoms with Gasteiger partial charge in [-0.1, -0.05) is 43.8 Å². The first-order valence-electron chi connectivity index (χ1n) is 23.8. The molecule has 3 aliphatic heterocycles. The average Bonchev–Trinajstić information content (AvgIpc) is 4.23. The van der Waals surface area contributed by atoms with E-state index in [1.165, 1.54) is 14.2 Å². The minimum absolute atomic E-state index is 0. The molecule has 3 saturated heterocycles. The van der Waals surface area contributed by atoms with Gasteiger partial charge in [-0.3, -0.25) is 9.36 Å². The number of fused-ring (bicyclic) bond motifs is 3. The third-order valence-corrected chi connectivity index (χ3v) is 25.4. The van der Waals surface area contributed by atoms with Gasteiger partial charge in [0.1, 0.15) is 11.9 Å². The second-order valence-corrected chi connectivity index (χ2v) is 30.2. The van der Waals surface area contributed by atoms with Gasteiger partial charge < -0.3 is 9.05 Å². The molecule has 0 spiro atoms. The topological polar surface area (TPSA) is 237 Å². The van der Waals surface area contributed by atoms with Crippen molar-refractivity contribution in [3.05, 3.63) is 83.9 Å². The quantitative estimate of drug-likeness (QED) is 0.0278. The molecule has 1 N–H and O–H groups in total. The summed E-state index contributed by atoms with van der Waals surface area (Å²) in [6, 6.07) is 19.7. The van der Waals surface area contributed by atoms with Crippen molar-refractivity contribution >= 4 is 113 Å². The molecule has 0 bridgehead atoms. The number of allylic oxidation sites excluding steroid dienone is 2. The molecule has 3 heterocycles. The summed E-state index contributed by atoms with van der Waals surface area (Å²) >= 11 is 0. The Bertz CT molecular complexity index is 2230. The van der Waals surface area contributed by atoms with Gasteiger partial charge in [-0.25, -0.2) is 0 Å². The zero-order valence-electron chi connectivity index (χ0n) is 40.2. The molecule has 16 nitrogen and oxygen atoms in total. The number of aliphatic hydroxyl groups excluding tert-OH is 1. The van der Waals surface area contributed by atoms with E-state index in [1.807, 2.05) is 66.7 Å². The maximum absolute atomic E-state index is 12.2. The van der Waals surface area contributed by atoms with Crippen LogP contribution in [0.4, 0.5) is 0 Å². The maximum atomic E-state index is 12.2. The van der Waals surface area contributed by atoms with Crippen molar-refractivity contribution in [3.8, 4) is 0 Å². The van der Waals surface area contributed by atoms with Crippen LogP contribution < -0.4 is 0 Å². The van der Waals surface area contributed by atoms with E-state index in [1.54, 1.807) is 6.08 Å². The molecule has 3 saturated carbocycles. The molecule has 0 amide bonds. The van der Waals surface area contributed by atoms with E-state index >= 15 is 0 Å². The fraction of sp³-hybridized carbons (Fsp3) is 0.574. The number of aryl methyl sites for hydroxylation is 2. The summed E-state index contributed by atoms with van der Waals surface area (Å²) in [4.78, 5) is 68.5. The summed E-state index contributed by atoms with van der Waals surface area (Å²) < 4.78 is 68.2. The first-order valence-corrected chi connectivity index (χ1v) is 35.0. The second-order valence-electron chi connectivity index (χ2n) is 18.0. The molecule has 3 aliphatic carbocycles. The van der Waals surface area contributed by atoms with Gasteiger partial charge in [0.2, 0.25) is 0 Å². The Hall–Kier alpha value is -2.12. The van der Waals surface area contributed by atoms with E-state index in [0.717, 1.165) is 63.7 Å². The van der Waals surface area contributed by atoms with E-state index in [9.17, 15) is 52.6 Å². The first-order chi connectivity index (χ1) is 34.8. The van der Waals surface area contributed by atoms with Crippen molar-refractivity contribution in [2.45, 2.75) is 107 Å². The number of aliphatic hydroxyl groups is 1. The van der Waals surface area contributed by atoms with Crippen molar-refractivity contribution in [3.63, 3.8) is 0 Å². The van der Waals surface area contributed by atoms with E-state index < -0.39 is 7.60 Å². The number of rotatable bonds is 23. The third-order valence-electron chi connectivity index (χ3n) is 13.8. The number of Topliss-reactive ketones (excluding diaryl/α,β-unsaturated/α-hetero) is 1. The van der Waals surface area contributed by atoms with E-state index in [-0.39, 0.29) is 117 Å². The van der Waals surface area contributed by atoms with Crippen LogP contribution in [0.3, 0.4) is 0 Å². The van der Waals surface area contributed by atoms with E-state index in [0.29, 0.717) is 90.9 Å². The summed E-state index contributed by atoms with van der Waals surface area (Å²) in [6.07, 6.45) is 10.2. The Kier molecular flexibility index (Phi) is 28.9. The van der Waals surface area contributed by atoms with Gasteiger partial charge in [-0.2, -0.15) is 0 Å². The van der Waals surface area contributed by atoms with Crippen molar-refractivity contribution in [1.82, 2.24) is 0 Å². The van der Waals surface area contributed by atoms with Crippen LogP contribution >= 0.6 is 56.8 Å². The average molecular weight is 1140 g/mol. The second kappa shape index (κ2) is 33.2. The van der Waals surface area contributed by atoms with Crippen LogP contribution in [0.1, 0.15) is 69.9 Å². The molecular formula is C47H66B3O16P7. The van der Waals surface area contributed by atoms with Crippen LogP contribution in [-0.2, 0) is 83.5 Å². The molecule has 2 aromatic carbocycles. The molecule has 394 valence electrons.